The molecule has 94 valence electrons. The van der Waals surface area contributed by atoms with E-state index in [1.165, 1.54) is 5.57 Å². The molecule has 1 amide bonds. The number of likely N-dealkylation sites (tertiary alicyclic amines) is 1. The van der Waals surface area contributed by atoms with Gasteiger partial charge in [0.05, 0.1) is 6.10 Å². The number of nitrogens with zero attached hydrogens (tertiary/aromatic N) is 1. The van der Waals surface area contributed by atoms with Crippen LogP contribution in [0.3, 0.4) is 0 Å². The smallest absolute Gasteiger partial charge is 0.249 e. The van der Waals surface area contributed by atoms with Crippen LogP contribution in [0.2, 0.25) is 0 Å². The number of fused-ring (bicyclic) bond motifs is 1. The van der Waals surface area contributed by atoms with E-state index in [2.05, 4.69) is 5.32 Å². The van der Waals surface area contributed by atoms with Gasteiger partial charge in [0.25, 0.3) is 0 Å². The van der Waals surface area contributed by atoms with Crippen molar-refractivity contribution >= 4 is 5.91 Å². The number of aliphatic hydroxyl groups is 1. The molecular weight excluding hydrogens is 216 g/mol. The Morgan fingerprint density at radius 1 is 1.35 bits per heavy atom. The number of hydrogen-bond donors (Lipinski definition) is 2. The standard InChI is InChI=1S/C13H20N2O2/c1-8(10-4-14-5-10)13(17)15-6-9-2-3-12(16)11(9)7-15/h9,11-12,14,16H,2-7H2,1H3. The summed E-state index contributed by atoms with van der Waals surface area (Å²) in [5.74, 6) is 1.05. The molecule has 0 aromatic heterocycles. The van der Waals surface area contributed by atoms with E-state index in [1.54, 1.807) is 0 Å². The van der Waals surface area contributed by atoms with E-state index in [0.29, 0.717) is 11.8 Å². The van der Waals surface area contributed by atoms with Crippen LogP contribution >= 0.6 is 0 Å². The second kappa shape index (κ2) is 4.10. The van der Waals surface area contributed by atoms with Crippen molar-refractivity contribution < 1.29 is 9.90 Å². The Labute approximate surface area is 102 Å². The average Bonchev–Trinajstić information content (AvgIpc) is 2.77. The summed E-state index contributed by atoms with van der Waals surface area (Å²) in [5.41, 5.74) is 2.16. The molecule has 1 saturated carbocycles. The van der Waals surface area contributed by atoms with Crippen molar-refractivity contribution in [3.63, 3.8) is 0 Å². The molecule has 0 aromatic carbocycles. The minimum Gasteiger partial charge on any atom is -0.393 e. The molecule has 17 heavy (non-hydrogen) atoms. The Kier molecular flexibility index (Phi) is 2.71. The largest absolute Gasteiger partial charge is 0.393 e. The zero-order valence-corrected chi connectivity index (χ0v) is 10.3. The van der Waals surface area contributed by atoms with Crippen LogP contribution in [0.15, 0.2) is 11.1 Å². The molecule has 3 unspecified atom stereocenters. The van der Waals surface area contributed by atoms with Gasteiger partial charge in [-0.1, -0.05) is 0 Å². The van der Waals surface area contributed by atoms with Crippen LogP contribution in [0, 0.1) is 11.8 Å². The minimum absolute atomic E-state index is 0.183. The molecular formula is C13H20N2O2. The zero-order valence-electron chi connectivity index (χ0n) is 10.3. The van der Waals surface area contributed by atoms with E-state index < -0.39 is 0 Å². The number of nitrogens with one attached hydrogen (secondary N) is 1. The highest BCUT2D eigenvalue weighted by atomic mass is 16.3. The quantitative estimate of drug-likeness (QED) is 0.637. The maximum atomic E-state index is 12.3. The molecule has 0 spiro atoms. The molecule has 4 heteroatoms. The maximum Gasteiger partial charge on any atom is 0.249 e. The van der Waals surface area contributed by atoms with Gasteiger partial charge < -0.3 is 15.3 Å². The van der Waals surface area contributed by atoms with Crippen molar-refractivity contribution in [2.75, 3.05) is 26.2 Å². The molecule has 3 aliphatic rings. The summed E-state index contributed by atoms with van der Waals surface area (Å²) in [6.45, 7) is 5.26. The van der Waals surface area contributed by atoms with E-state index in [9.17, 15) is 9.90 Å². The fraction of sp³-hybridized carbons (Fsp3) is 0.769. The van der Waals surface area contributed by atoms with Gasteiger partial charge in [0.1, 0.15) is 0 Å². The molecule has 3 atom stereocenters. The van der Waals surface area contributed by atoms with E-state index in [1.807, 2.05) is 11.8 Å². The molecule has 3 rings (SSSR count). The predicted molar refractivity (Wildman–Crippen MR) is 64.4 cm³/mol. The second-order valence-corrected chi connectivity index (χ2v) is 5.61. The molecule has 3 fully saturated rings. The number of amides is 1. The zero-order chi connectivity index (χ0) is 12.0. The topological polar surface area (TPSA) is 52.6 Å². The summed E-state index contributed by atoms with van der Waals surface area (Å²) in [6.07, 6.45) is 1.81. The number of carbonyl (C=O) groups excluding carboxylic acids is 1. The van der Waals surface area contributed by atoms with Crippen molar-refractivity contribution in [2.45, 2.75) is 25.9 Å². The lowest BCUT2D eigenvalue weighted by Gasteiger charge is -2.25. The first-order chi connectivity index (χ1) is 8.16. The average molecular weight is 236 g/mol. The minimum atomic E-state index is -0.184. The first kappa shape index (κ1) is 11.2. The third kappa shape index (κ3) is 1.79. The second-order valence-electron chi connectivity index (χ2n) is 5.61. The van der Waals surface area contributed by atoms with Gasteiger partial charge in [-0.2, -0.15) is 0 Å². The van der Waals surface area contributed by atoms with E-state index in [-0.39, 0.29) is 12.0 Å². The monoisotopic (exact) mass is 236 g/mol. The summed E-state index contributed by atoms with van der Waals surface area (Å²) < 4.78 is 0. The predicted octanol–water partition coefficient (Wildman–Crippen LogP) is 0.135. The Morgan fingerprint density at radius 2 is 2.12 bits per heavy atom. The fourth-order valence-corrected chi connectivity index (χ4v) is 3.31. The van der Waals surface area contributed by atoms with Gasteiger partial charge in [0.15, 0.2) is 0 Å². The molecule has 4 nitrogen and oxygen atoms in total. The van der Waals surface area contributed by atoms with E-state index in [4.69, 9.17) is 0 Å². The van der Waals surface area contributed by atoms with Gasteiger partial charge in [0, 0.05) is 37.7 Å². The molecule has 2 heterocycles. The lowest BCUT2D eigenvalue weighted by molar-refractivity contribution is -0.126. The molecule has 2 saturated heterocycles. The van der Waals surface area contributed by atoms with Crippen LogP contribution in [-0.4, -0.2) is 48.2 Å². The van der Waals surface area contributed by atoms with Crippen LogP contribution < -0.4 is 5.32 Å². The molecule has 0 radical (unpaired) electrons. The Bertz CT molecular complexity index is 372. The molecule has 2 aliphatic heterocycles. The Balaban J connectivity index is 1.69. The van der Waals surface area contributed by atoms with Crippen molar-refractivity contribution in [3.05, 3.63) is 11.1 Å². The SMILES string of the molecule is CC(C(=O)N1CC2CCC(O)C2C1)=C1CNC1. The number of aliphatic hydroxyl groups excluding tert-OH is 1. The van der Waals surface area contributed by atoms with Gasteiger partial charge in [0.2, 0.25) is 5.91 Å². The Hall–Kier alpha value is -0.870. The molecule has 2 N–H and O–H groups in total. The van der Waals surface area contributed by atoms with Crippen LogP contribution in [0.5, 0.6) is 0 Å². The molecule has 0 aromatic rings. The van der Waals surface area contributed by atoms with Crippen LogP contribution in [-0.2, 0) is 4.79 Å². The summed E-state index contributed by atoms with van der Waals surface area (Å²) in [6, 6.07) is 0. The van der Waals surface area contributed by atoms with Crippen molar-refractivity contribution in [1.29, 1.82) is 0 Å². The first-order valence-corrected chi connectivity index (χ1v) is 6.53. The molecule has 1 aliphatic carbocycles. The van der Waals surface area contributed by atoms with Crippen LogP contribution in [0.4, 0.5) is 0 Å². The highest BCUT2D eigenvalue weighted by Crippen LogP contribution is 2.38. The lowest BCUT2D eigenvalue weighted by Crippen LogP contribution is -2.39. The first-order valence-electron chi connectivity index (χ1n) is 6.53. The van der Waals surface area contributed by atoms with Crippen molar-refractivity contribution in [2.24, 2.45) is 11.8 Å². The third-order valence-corrected chi connectivity index (χ3v) is 4.63. The summed E-state index contributed by atoms with van der Waals surface area (Å²) in [4.78, 5) is 14.2. The van der Waals surface area contributed by atoms with E-state index in [0.717, 1.165) is 44.6 Å². The number of carbonyl (C=O) groups is 1. The number of rotatable bonds is 1. The maximum absolute atomic E-state index is 12.3. The lowest BCUT2D eigenvalue weighted by atomic mass is 10.00. The third-order valence-electron chi connectivity index (χ3n) is 4.63. The van der Waals surface area contributed by atoms with Gasteiger partial charge in [-0.25, -0.2) is 0 Å². The van der Waals surface area contributed by atoms with Gasteiger partial charge in [-0.05, 0) is 31.3 Å². The van der Waals surface area contributed by atoms with Gasteiger partial charge in [-0.15, -0.1) is 0 Å². The summed E-state index contributed by atoms with van der Waals surface area (Å²) >= 11 is 0. The van der Waals surface area contributed by atoms with Crippen LogP contribution in [0.25, 0.3) is 0 Å². The van der Waals surface area contributed by atoms with Gasteiger partial charge in [-0.3, -0.25) is 4.79 Å². The van der Waals surface area contributed by atoms with Gasteiger partial charge >= 0.3 is 0 Å². The Morgan fingerprint density at radius 3 is 2.71 bits per heavy atom. The van der Waals surface area contributed by atoms with Crippen molar-refractivity contribution in [3.8, 4) is 0 Å². The highest BCUT2D eigenvalue weighted by Gasteiger charge is 2.43. The highest BCUT2D eigenvalue weighted by molar-refractivity contribution is 5.94. The van der Waals surface area contributed by atoms with Crippen molar-refractivity contribution in [1.82, 2.24) is 10.2 Å². The van der Waals surface area contributed by atoms with E-state index >= 15 is 0 Å². The summed E-state index contributed by atoms with van der Waals surface area (Å²) in [7, 11) is 0. The number of hydrogen-bond acceptors (Lipinski definition) is 3. The summed E-state index contributed by atoms with van der Waals surface area (Å²) in [5, 5.41) is 13.0. The fourth-order valence-electron chi connectivity index (χ4n) is 3.31. The van der Waals surface area contributed by atoms with Crippen LogP contribution in [0.1, 0.15) is 19.8 Å². The molecule has 0 bridgehead atoms. The normalized spacial score (nSPS) is 35.8.